The van der Waals surface area contributed by atoms with Gasteiger partial charge in [0.05, 0.1) is 10.8 Å². The second-order valence-electron chi connectivity index (χ2n) is 4.77. The van der Waals surface area contributed by atoms with Gasteiger partial charge in [-0.15, -0.1) is 11.6 Å². The summed E-state index contributed by atoms with van der Waals surface area (Å²) in [5.74, 6) is 1.90. The molecule has 0 N–H and O–H groups in total. The molecule has 0 radical (unpaired) electrons. The first-order valence-electron chi connectivity index (χ1n) is 6.98. The van der Waals surface area contributed by atoms with Crippen LogP contribution in [-0.2, 0) is 10.0 Å². The smallest absolute Gasteiger partial charge is 0.243 e. The number of alkyl halides is 1. The van der Waals surface area contributed by atoms with E-state index in [4.69, 9.17) is 16.3 Å². The average molecular weight is 350 g/mol. The maximum absolute atomic E-state index is 12.6. The summed E-state index contributed by atoms with van der Waals surface area (Å²) in [6.45, 7) is 3.67. The van der Waals surface area contributed by atoms with Gasteiger partial charge in [0.1, 0.15) is 12.4 Å². The van der Waals surface area contributed by atoms with Crippen molar-refractivity contribution < 1.29 is 13.2 Å². The van der Waals surface area contributed by atoms with Crippen LogP contribution in [0.2, 0.25) is 0 Å². The lowest BCUT2D eigenvalue weighted by Gasteiger charge is -2.31. The van der Waals surface area contributed by atoms with E-state index >= 15 is 0 Å². The molecule has 1 aromatic carbocycles. The minimum Gasteiger partial charge on any atom is -0.492 e. The Morgan fingerprint density at radius 2 is 2.10 bits per heavy atom. The van der Waals surface area contributed by atoms with Crippen LogP contribution >= 0.6 is 23.4 Å². The zero-order valence-corrected chi connectivity index (χ0v) is 14.4. The lowest BCUT2D eigenvalue weighted by atomic mass is 10.3. The molecule has 1 atom stereocenters. The molecule has 1 fully saturated rings. The van der Waals surface area contributed by atoms with E-state index in [1.807, 2.05) is 11.8 Å². The van der Waals surface area contributed by atoms with Crippen molar-refractivity contribution in [3.8, 4) is 5.75 Å². The Kier molecular flexibility index (Phi) is 6.22. The number of hydrogen-bond donors (Lipinski definition) is 0. The fraction of sp³-hybridized carbons (Fsp3) is 0.571. The lowest BCUT2D eigenvalue weighted by Crippen LogP contribution is -2.41. The van der Waals surface area contributed by atoms with Gasteiger partial charge in [0.25, 0.3) is 0 Å². The third-order valence-corrected chi connectivity index (χ3v) is 6.77. The highest BCUT2D eigenvalue weighted by Crippen LogP contribution is 2.26. The molecule has 1 saturated heterocycles. The minimum absolute atomic E-state index is 0.322. The first kappa shape index (κ1) is 16.9. The van der Waals surface area contributed by atoms with E-state index in [9.17, 15) is 8.42 Å². The normalized spacial score (nSPS) is 20.4. The van der Waals surface area contributed by atoms with Crippen LogP contribution in [0.3, 0.4) is 0 Å². The third kappa shape index (κ3) is 4.28. The first-order valence-corrected chi connectivity index (χ1v) is 10.0. The molecular formula is C14H20ClNO3S2. The topological polar surface area (TPSA) is 46.6 Å². The first-order chi connectivity index (χ1) is 10.1. The van der Waals surface area contributed by atoms with Gasteiger partial charge in [0.15, 0.2) is 0 Å². The van der Waals surface area contributed by atoms with Crippen LogP contribution in [-0.4, -0.2) is 49.3 Å². The van der Waals surface area contributed by atoms with E-state index in [1.54, 1.807) is 28.6 Å². The standard InChI is InChI=1S/C14H20ClNO3S2/c1-2-13-11-16(8-10-20-13)21(17,18)14-5-3-12(4-6-14)19-9-7-15/h3-6,13H,2,7-11H2,1H3. The largest absolute Gasteiger partial charge is 0.492 e. The molecule has 1 aliphatic rings. The molecule has 118 valence electrons. The average Bonchev–Trinajstić information content (AvgIpc) is 2.53. The Morgan fingerprint density at radius 1 is 1.38 bits per heavy atom. The maximum atomic E-state index is 12.6. The Labute approximate surface area is 135 Å². The minimum atomic E-state index is -3.40. The Balaban J connectivity index is 2.11. The van der Waals surface area contributed by atoms with Crippen LogP contribution in [0.25, 0.3) is 0 Å². The molecule has 1 aromatic rings. The van der Waals surface area contributed by atoms with Gasteiger partial charge in [0.2, 0.25) is 10.0 Å². The maximum Gasteiger partial charge on any atom is 0.243 e. The molecule has 1 heterocycles. The molecule has 0 aromatic heterocycles. The highest BCUT2D eigenvalue weighted by atomic mass is 35.5. The monoisotopic (exact) mass is 349 g/mol. The molecule has 0 aliphatic carbocycles. The predicted octanol–water partition coefficient (Wildman–Crippen LogP) is 2.82. The number of hydrogen-bond acceptors (Lipinski definition) is 4. The van der Waals surface area contributed by atoms with Gasteiger partial charge in [0, 0.05) is 24.1 Å². The van der Waals surface area contributed by atoms with Crippen molar-refractivity contribution in [1.82, 2.24) is 4.31 Å². The van der Waals surface area contributed by atoms with Gasteiger partial charge >= 0.3 is 0 Å². The number of rotatable bonds is 6. The van der Waals surface area contributed by atoms with Crippen molar-refractivity contribution in [3.63, 3.8) is 0 Å². The summed E-state index contributed by atoms with van der Waals surface area (Å²) >= 11 is 7.41. The highest BCUT2D eigenvalue weighted by Gasteiger charge is 2.29. The van der Waals surface area contributed by atoms with Crippen molar-refractivity contribution in [2.45, 2.75) is 23.5 Å². The summed E-state index contributed by atoms with van der Waals surface area (Å²) < 4.78 is 32.2. The second-order valence-corrected chi connectivity index (χ2v) is 8.50. The van der Waals surface area contributed by atoms with Crippen molar-refractivity contribution in [1.29, 1.82) is 0 Å². The second kappa shape index (κ2) is 7.72. The van der Waals surface area contributed by atoms with Gasteiger partial charge in [-0.3, -0.25) is 0 Å². The van der Waals surface area contributed by atoms with E-state index < -0.39 is 10.0 Å². The fourth-order valence-corrected chi connectivity index (χ4v) is 5.12. The number of sulfonamides is 1. The van der Waals surface area contributed by atoms with E-state index in [0.29, 0.717) is 41.5 Å². The molecule has 2 rings (SSSR count). The molecule has 1 aliphatic heterocycles. The Morgan fingerprint density at radius 3 is 2.71 bits per heavy atom. The summed E-state index contributed by atoms with van der Waals surface area (Å²) in [6.07, 6.45) is 0.988. The molecule has 21 heavy (non-hydrogen) atoms. The van der Waals surface area contributed by atoms with Crippen molar-refractivity contribution in [3.05, 3.63) is 24.3 Å². The summed E-state index contributed by atoms with van der Waals surface area (Å²) in [4.78, 5) is 0.322. The van der Waals surface area contributed by atoms with Crippen molar-refractivity contribution in [2.75, 3.05) is 31.3 Å². The van der Waals surface area contributed by atoms with E-state index in [-0.39, 0.29) is 0 Å². The van der Waals surface area contributed by atoms with Crippen LogP contribution in [0.1, 0.15) is 13.3 Å². The van der Waals surface area contributed by atoms with Crippen LogP contribution in [0.15, 0.2) is 29.2 Å². The van der Waals surface area contributed by atoms with Gasteiger partial charge in [-0.1, -0.05) is 6.92 Å². The van der Waals surface area contributed by atoms with Gasteiger partial charge < -0.3 is 4.74 Å². The molecule has 1 unspecified atom stereocenters. The van der Waals surface area contributed by atoms with Crippen molar-refractivity contribution in [2.24, 2.45) is 0 Å². The zero-order chi connectivity index (χ0) is 15.3. The SMILES string of the molecule is CCC1CN(S(=O)(=O)c2ccc(OCCCl)cc2)CCS1. The number of nitrogens with zero attached hydrogens (tertiary/aromatic N) is 1. The fourth-order valence-electron chi connectivity index (χ4n) is 2.17. The summed E-state index contributed by atoms with van der Waals surface area (Å²) in [5, 5.41) is 0.389. The molecule has 7 heteroatoms. The summed E-state index contributed by atoms with van der Waals surface area (Å²) in [5.41, 5.74) is 0. The summed E-state index contributed by atoms with van der Waals surface area (Å²) in [7, 11) is -3.40. The molecule has 0 spiro atoms. The molecule has 4 nitrogen and oxygen atoms in total. The molecule has 0 bridgehead atoms. The van der Waals surface area contributed by atoms with Crippen LogP contribution in [0, 0.1) is 0 Å². The van der Waals surface area contributed by atoms with Crippen LogP contribution in [0.4, 0.5) is 0 Å². The highest BCUT2D eigenvalue weighted by molar-refractivity contribution is 8.00. The molecule has 0 amide bonds. The van der Waals surface area contributed by atoms with Gasteiger partial charge in [-0.05, 0) is 30.7 Å². The zero-order valence-electron chi connectivity index (χ0n) is 12.0. The van der Waals surface area contributed by atoms with Gasteiger partial charge in [-0.25, -0.2) is 8.42 Å². The molecule has 0 saturated carbocycles. The predicted molar refractivity (Wildman–Crippen MR) is 88.0 cm³/mol. The number of halogens is 1. The van der Waals surface area contributed by atoms with E-state index in [0.717, 1.165) is 12.2 Å². The molecular weight excluding hydrogens is 330 g/mol. The number of ether oxygens (including phenoxy) is 1. The number of thioether (sulfide) groups is 1. The Hall–Kier alpha value is -0.430. The van der Waals surface area contributed by atoms with Crippen molar-refractivity contribution >= 4 is 33.4 Å². The number of benzene rings is 1. The lowest BCUT2D eigenvalue weighted by molar-refractivity contribution is 0.342. The van der Waals surface area contributed by atoms with Crippen LogP contribution in [0.5, 0.6) is 5.75 Å². The third-order valence-electron chi connectivity index (χ3n) is 3.36. The summed E-state index contributed by atoms with van der Waals surface area (Å²) in [6, 6.07) is 6.55. The van der Waals surface area contributed by atoms with E-state index in [1.165, 1.54) is 0 Å². The van der Waals surface area contributed by atoms with Gasteiger partial charge in [-0.2, -0.15) is 16.1 Å². The van der Waals surface area contributed by atoms with Crippen LogP contribution < -0.4 is 4.74 Å². The van der Waals surface area contributed by atoms with E-state index in [2.05, 4.69) is 6.92 Å². The quantitative estimate of drug-likeness (QED) is 0.741. The Bertz CT molecular complexity index is 548.